The van der Waals surface area contributed by atoms with Gasteiger partial charge >= 0.3 is 6.09 Å². The lowest BCUT2D eigenvalue weighted by Gasteiger charge is -2.32. The van der Waals surface area contributed by atoms with Crippen LogP contribution in [0.2, 0.25) is 5.02 Å². The second-order valence-corrected chi connectivity index (χ2v) is 7.18. The maximum atomic E-state index is 12.3. The molecule has 0 bridgehead atoms. The van der Waals surface area contributed by atoms with Gasteiger partial charge in [0.25, 0.3) is 0 Å². The normalized spacial score (nSPS) is 16.5. The fraction of sp³-hybridized carbons (Fsp3) is 0.333. The number of rotatable bonds is 6. The quantitative estimate of drug-likeness (QED) is 0.780. The largest absolute Gasteiger partial charge is 0.445 e. The van der Waals surface area contributed by atoms with Crippen LogP contribution in [0.1, 0.15) is 17.5 Å². The van der Waals surface area contributed by atoms with Gasteiger partial charge in [-0.3, -0.25) is 4.79 Å². The Balaban J connectivity index is 1.41. The Bertz CT molecular complexity index is 783. The molecule has 0 spiro atoms. The summed E-state index contributed by atoms with van der Waals surface area (Å²) >= 11 is 5.86. The van der Waals surface area contributed by atoms with Crippen LogP contribution in [-0.2, 0) is 22.7 Å². The molecular weight excluding hydrogens is 378 g/mol. The molecule has 1 atom stereocenters. The average Bonchev–Trinajstić information content (AvgIpc) is 2.72. The van der Waals surface area contributed by atoms with Crippen LogP contribution in [0.4, 0.5) is 4.79 Å². The Morgan fingerprint density at radius 1 is 1.11 bits per heavy atom. The molecule has 1 saturated heterocycles. The summed E-state index contributed by atoms with van der Waals surface area (Å²) in [5.41, 5.74) is 1.93. The van der Waals surface area contributed by atoms with E-state index in [9.17, 15) is 9.59 Å². The lowest BCUT2D eigenvalue weighted by atomic mass is 10.1. The van der Waals surface area contributed by atoms with Crippen LogP contribution in [0.3, 0.4) is 0 Å². The molecule has 0 radical (unpaired) electrons. The summed E-state index contributed by atoms with van der Waals surface area (Å²) in [6.07, 6.45) is -0.0484. The van der Waals surface area contributed by atoms with Crippen molar-refractivity contribution in [2.24, 2.45) is 0 Å². The second kappa shape index (κ2) is 10.1. The van der Waals surface area contributed by atoms with Crippen molar-refractivity contribution >= 4 is 23.6 Å². The molecule has 1 aliphatic rings. The second-order valence-electron chi connectivity index (χ2n) is 6.74. The highest BCUT2D eigenvalue weighted by Gasteiger charge is 2.25. The van der Waals surface area contributed by atoms with Crippen molar-refractivity contribution in [1.82, 2.24) is 15.5 Å². The van der Waals surface area contributed by atoms with E-state index >= 15 is 0 Å². The number of hydrogen-bond acceptors (Lipinski definition) is 4. The highest BCUT2D eigenvalue weighted by Crippen LogP contribution is 2.10. The van der Waals surface area contributed by atoms with Crippen molar-refractivity contribution in [2.75, 3.05) is 19.6 Å². The van der Waals surface area contributed by atoms with Crippen LogP contribution < -0.4 is 10.6 Å². The molecule has 0 saturated carbocycles. The molecule has 6 nitrogen and oxygen atoms in total. The minimum absolute atomic E-state index is 0.0630. The van der Waals surface area contributed by atoms with Gasteiger partial charge in [0.05, 0.1) is 0 Å². The predicted octanol–water partition coefficient (Wildman–Crippen LogP) is 2.96. The van der Waals surface area contributed by atoms with E-state index in [-0.39, 0.29) is 24.6 Å². The van der Waals surface area contributed by atoms with Gasteiger partial charge < -0.3 is 20.3 Å². The molecule has 1 aliphatic heterocycles. The van der Waals surface area contributed by atoms with Crippen molar-refractivity contribution in [3.05, 3.63) is 70.7 Å². The summed E-state index contributed by atoms with van der Waals surface area (Å²) in [5, 5.41) is 6.85. The maximum absolute atomic E-state index is 12.3. The zero-order valence-electron chi connectivity index (χ0n) is 15.6. The van der Waals surface area contributed by atoms with Gasteiger partial charge in [-0.25, -0.2) is 4.79 Å². The third-order valence-corrected chi connectivity index (χ3v) is 4.81. The van der Waals surface area contributed by atoms with Crippen LogP contribution in [0.25, 0.3) is 0 Å². The summed E-state index contributed by atoms with van der Waals surface area (Å²) in [4.78, 5) is 26.2. The number of piperazine rings is 1. The van der Waals surface area contributed by atoms with Gasteiger partial charge in [0.1, 0.15) is 6.61 Å². The number of nitrogens with zero attached hydrogens (tertiary/aromatic N) is 1. The lowest BCUT2D eigenvalue weighted by Crippen LogP contribution is -2.53. The van der Waals surface area contributed by atoms with Crippen LogP contribution in [-0.4, -0.2) is 42.6 Å². The van der Waals surface area contributed by atoms with Crippen molar-refractivity contribution in [3.8, 4) is 0 Å². The molecule has 2 aromatic carbocycles. The molecular formula is C21H24ClN3O3. The molecule has 7 heteroatoms. The topological polar surface area (TPSA) is 70.7 Å². The number of benzene rings is 2. The Morgan fingerprint density at radius 2 is 1.86 bits per heavy atom. The molecule has 1 fully saturated rings. The molecule has 0 aliphatic carbocycles. The Morgan fingerprint density at radius 3 is 2.61 bits per heavy atom. The van der Waals surface area contributed by atoms with Crippen molar-refractivity contribution in [3.63, 3.8) is 0 Å². The fourth-order valence-electron chi connectivity index (χ4n) is 3.04. The molecule has 1 heterocycles. The molecule has 2 aromatic rings. The first-order valence-electron chi connectivity index (χ1n) is 9.30. The van der Waals surface area contributed by atoms with Gasteiger partial charge in [-0.1, -0.05) is 54.1 Å². The van der Waals surface area contributed by atoms with E-state index in [1.807, 2.05) is 42.5 Å². The van der Waals surface area contributed by atoms with E-state index in [1.54, 1.807) is 17.0 Å². The highest BCUT2D eigenvalue weighted by molar-refractivity contribution is 6.30. The summed E-state index contributed by atoms with van der Waals surface area (Å²) in [6, 6.07) is 16.8. The number of carbonyl (C=O) groups excluding carboxylic acids is 2. The van der Waals surface area contributed by atoms with E-state index in [2.05, 4.69) is 10.6 Å². The number of hydrogen-bond donors (Lipinski definition) is 2. The van der Waals surface area contributed by atoms with E-state index in [0.29, 0.717) is 37.6 Å². The van der Waals surface area contributed by atoms with E-state index in [1.165, 1.54) is 0 Å². The number of carbonyl (C=O) groups is 2. The molecule has 2 N–H and O–H groups in total. The van der Waals surface area contributed by atoms with Crippen LogP contribution in [0.5, 0.6) is 0 Å². The van der Waals surface area contributed by atoms with Crippen LogP contribution >= 0.6 is 11.6 Å². The highest BCUT2D eigenvalue weighted by atomic mass is 35.5. The van der Waals surface area contributed by atoms with Gasteiger partial charge in [0.2, 0.25) is 5.91 Å². The third kappa shape index (κ3) is 6.25. The first-order valence-corrected chi connectivity index (χ1v) is 9.68. The minimum atomic E-state index is -0.350. The smallest absolute Gasteiger partial charge is 0.410 e. The predicted molar refractivity (Wildman–Crippen MR) is 108 cm³/mol. The number of halogens is 1. The summed E-state index contributed by atoms with van der Waals surface area (Å²) in [7, 11) is 0. The number of ether oxygens (including phenoxy) is 1. The van der Waals surface area contributed by atoms with Gasteiger partial charge in [-0.2, -0.15) is 0 Å². The molecule has 0 aromatic heterocycles. The summed E-state index contributed by atoms with van der Waals surface area (Å²) in [5.74, 6) is -0.0630. The average molecular weight is 402 g/mol. The van der Waals surface area contributed by atoms with E-state index in [4.69, 9.17) is 16.3 Å². The van der Waals surface area contributed by atoms with Crippen LogP contribution in [0.15, 0.2) is 54.6 Å². The zero-order chi connectivity index (χ0) is 19.8. The first kappa shape index (κ1) is 20.2. The fourth-order valence-corrected chi connectivity index (χ4v) is 3.16. The zero-order valence-corrected chi connectivity index (χ0v) is 16.3. The van der Waals surface area contributed by atoms with Crippen LogP contribution in [0, 0.1) is 0 Å². The van der Waals surface area contributed by atoms with Crippen molar-refractivity contribution in [1.29, 1.82) is 0 Å². The molecule has 2 amide bonds. The van der Waals surface area contributed by atoms with E-state index < -0.39 is 0 Å². The number of amides is 2. The Kier molecular flexibility index (Phi) is 7.28. The molecule has 3 rings (SSSR count). The first-order chi connectivity index (χ1) is 13.6. The van der Waals surface area contributed by atoms with Crippen molar-refractivity contribution < 1.29 is 14.3 Å². The number of nitrogens with one attached hydrogen (secondary N) is 2. The lowest BCUT2D eigenvalue weighted by molar-refractivity contribution is -0.122. The maximum Gasteiger partial charge on any atom is 0.410 e. The van der Waals surface area contributed by atoms with Gasteiger partial charge in [-0.05, 0) is 23.3 Å². The Hall–Kier alpha value is -2.57. The van der Waals surface area contributed by atoms with Crippen molar-refractivity contribution in [2.45, 2.75) is 25.6 Å². The monoisotopic (exact) mass is 401 g/mol. The SMILES string of the molecule is O=C(CC1CN(C(=O)OCc2ccccc2)CCN1)NCc1ccc(Cl)cc1. The minimum Gasteiger partial charge on any atom is -0.445 e. The van der Waals surface area contributed by atoms with Gasteiger partial charge in [0.15, 0.2) is 0 Å². The molecule has 148 valence electrons. The standard InChI is InChI=1S/C21H24ClN3O3/c22-18-8-6-16(7-9-18)13-24-20(26)12-19-14-25(11-10-23-19)21(27)28-15-17-4-2-1-3-5-17/h1-9,19,23H,10-15H2,(H,24,26). The third-order valence-electron chi connectivity index (χ3n) is 4.55. The summed E-state index contributed by atoms with van der Waals surface area (Å²) < 4.78 is 5.38. The van der Waals surface area contributed by atoms with Gasteiger partial charge in [0, 0.05) is 43.7 Å². The Labute approximate surface area is 169 Å². The molecule has 1 unspecified atom stereocenters. The molecule has 28 heavy (non-hydrogen) atoms. The van der Waals surface area contributed by atoms with E-state index in [0.717, 1.165) is 11.1 Å². The van der Waals surface area contributed by atoms with Gasteiger partial charge in [-0.15, -0.1) is 0 Å². The summed E-state index contributed by atoms with van der Waals surface area (Å²) in [6.45, 7) is 2.34.